The summed E-state index contributed by atoms with van der Waals surface area (Å²) in [5, 5.41) is 0. The van der Waals surface area contributed by atoms with Crippen LogP contribution < -0.4 is 68.8 Å². The highest BCUT2D eigenvalue weighted by Gasteiger charge is 2.32. The van der Waals surface area contributed by atoms with Crippen molar-refractivity contribution in [3.05, 3.63) is 0 Å². The van der Waals surface area contributed by atoms with Gasteiger partial charge in [-0.15, -0.1) is 0 Å². The molecule has 1 heterocycles. The standard InChI is InChI=1S/C48H108N24O6/c1-31(49)67(32(2)50)25-43(73)61-13-15-62(44(74)26-68(33(3)51)34(4)52)17-19-64(46(76)28-70(37(7)55)38(8)56)21-23-66(48(78)30-72(41(11)59)42(12)60)24-22-65(47(77)29-71(39(9)57)40(10)58)20-18-63(16-14-61)45(75)27-69(35(5)53)36(6)54/h31-42H,13-30,49-60H2,1-12H3. The van der Waals surface area contributed by atoms with E-state index in [2.05, 4.69) is 0 Å². The lowest BCUT2D eigenvalue weighted by Crippen LogP contribution is -2.58. The van der Waals surface area contributed by atoms with Crippen molar-refractivity contribution in [3.8, 4) is 0 Å². The Labute approximate surface area is 465 Å². The summed E-state index contributed by atoms with van der Waals surface area (Å²) in [5.74, 6) is -2.40. The zero-order valence-corrected chi connectivity index (χ0v) is 49.4. The van der Waals surface area contributed by atoms with Gasteiger partial charge in [0.05, 0.1) is 113 Å². The summed E-state index contributed by atoms with van der Waals surface area (Å²) < 4.78 is 0. The predicted molar refractivity (Wildman–Crippen MR) is 304 cm³/mol. The zero-order valence-electron chi connectivity index (χ0n) is 49.4. The van der Waals surface area contributed by atoms with Crippen molar-refractivity contribution in [1.29, 1.82) is 0 Å². The van der Waals surface area contributed by atoms with Gasteiger partial charge in [-0.25, -0.2) is 0 Å². The third-order valence-electron chi connectivity index (χ3n) is 14.1. The Morgan fingerprint density at radius 1 is 0.231 bits per heavy atom. The van der Waals surface area contributed by atoms with Crippen molar-refractivity contribution in [2.75, 3.05) is 118 Å². The van der Waals surface area contributed by atoms with Crippen molar-refractivity contribution >= 4 is 35.4 Å². The molecule has 1 aliphatic rings. The summed E-state index contributed by atoms with van der Waals surface area (Å²) in [7, 11) is 0. The molecule has 0 aromatic carbocycles. The van der Waals surface area contributed by atoms with Gasteiger partial charge in [-0.1, -0.05) is 0 Å². The minimum absolute atomic E-state index is 0.0511. The van der Waals surface area contributed by atoms with E-state index in [1.165, 1.54) is 29.4 Å². The molecule has 12 atom stereocenters. The van der Waals surface area contributed by atoms with Crippen LogP contribution in [0.2, 0.25) is 0 Å². The molecule has 1 saturated heterocycles. The summed E-state index contributed by atoms with van der Waals surface area (Å²) in [6, 6.07) is 0. The molecule has 0 aliphatic carbocycles. The van der Waals surface area contributed by atoms with Gasteiger partial charge in [0.15, 0.2) is 0 Å². The molecule has 0 spiro atoms. The van der Waals surface area contributed by atoms with Gasteiger partial charge >= 0.3 is 0 Å². The maximum absolute atomic E-state index is 14.6. The molecule has 1 fully saturated rings. The van der Waals surface area contributed by atoms with Gasteiger partial charge in [0.2, 0.25) is 35.4 Å². The molecule has 0 aromatic rings. The van der Waals surface area contributed by atoms with E-state index in [0.29, 0.717) is 0 Å². The summed E-state index contributed by atoms with van der Waals surface area (Å²) >= 11 is 0. The number of amides is 6. The molecule has 0 saturated carbocycles. The molecule has 0 bridgehead atoms. The molecule has 12 unspecified atom stereocenters. The number of carbonyl (C=O) groups excluding carboxylic acids is 6. The monoisotopic (exact) mass is 1120 g/mol. The van der Waals surface area contributed by atoms with Gasteiger partial charge in [-0.3, -0.25) is 58.2 Å². The van der Waals surface area contributed by atoms with Gasteiger partial charge in [-0.05, 0) is 83.1 Å². The van der Waals surface area contributed by atoms with Gasteiger partial charge < -0.3 is 98.2 Å². The van der Waals surface area contributed by atoms with Crippen molar-refractivity contribution in [1.82, 2.24) is 58.8 Å². The first-order valence-corrected chi connectivity index (χ1v) is 27.4. The van der Waals surface area contributed by atoms with E-state index >= 15 is 0 Å². The van der Waals surface area contributed by atoms with E-state index in [-0.39, 0.29) is 118 Å². The molecule has 0 aromatic heterocycles. The number of rotatable bonds is 24. The Morgan fingerprint density at radius 3 is 0.372 bits per heavy atom. The van der Waals surface area contributed by atoms with Crippen molar-refractivity contribution < 1.29 is 28.8 Å². The Balaban J connectivity index is 4.38. The van der Waals surface area contributed by atoms with Crippen molar-refractivity contribution in [2.24, 2.45) is 68.8 Å². The first kappa shape index (κ1) is 72.1. The number of carbonyl (C=O) groups is 6. The highest BCUT2D eigenvalue weighted by atomic mass is 16.2. The van der Waals surface area contributed by atoms with Crippen LogP contribution in [0.15, 0.2) is 0 Å². The normalized spacial score (nSPS) is 20.2. The summed E-state index contributed by atoms with van der Waals surface area (Å²) in [5.41, 5.74) is 75.7. The maximum Gasteiger partial charge on any atom is 0.236 e. The fraction of sp³-hybridized carbons (Fsp3) is 0.875. The molecule has 24 N–H and O–H groups in total. The van der Waals surface area contributed by atoms with E-state index in [1.54, 1.807) is 112 Å². The Bertz CT molecular complexity index is 1410. The number of hydrogen-bond donors (Lipinski definition) is 12. The third kappa shape index (κ3) is 24.4. The second kappa shape index (κ2) is 35.1. The van der Waals surface area contributed by atoms with Gasteiger partial charge in [0, 0.05) is 78.5 Å². The highest BCUT2D eigenvalue weighted by Crippen LogP contribution is 2.11. The minimum atomic E-state index is -0.623. The van der Waals surface area contributed by atoms with Gasteiger partial charge in [0.1, 0.15) is 0 Å². The van der Waals surface area contributed by atoms with E-state index < -0.39 is 109 Å². The quantitative estimate of drug-likeness (QED) is 0.0400. The summed E-state index contributed by atoms with van der Waals surface area (Å²) in [6.45, 7) is 18.6. The van der Waals surface area contributed by atoms with Crippen molar-refractivity contribution in [2.45, 2.75) is 157 Å². The van der Waals surface area contributed by atoms with Crippen LogP contribution in [0.3, 0.4) is 0 Å². The zero-order chi connectivity index (χ0) is 60.0. The largest absolute Gasteiger partial charge is 0.338 e. The van der Waals surface area contributed by atoms with Crippen LogP contribution in [0.5, 0.6) is 0 Å². The Kier molecular flexibility index (Phi) is 32.4. The smallest absolute Gasteiger partial charge is 0.236 e. The minimum Gasteiger partial charge on any atom is -0.338 e. The third-order valence-corrected chi connectivity index (χ3v) is 14.1. The van der Waals surface area contributed by atoms with E-state index in [9.17, 15) is 28.8 Å². The molecular formula is C48H108N24O6. The number of nitrogens with zero attached hydrogens (tertiary/aromatic N) is 12. The van der Waals surface area contributed by atoms with Crippen LogP contribution in [0, 0.1) is 0 Å². The fourth-order valence-electron chi connectivity index (χ4n) is 9.11. The Morgan fingerprint density at radius 2 is 0.308 bits per heavy atom. The lowest BCUT2D eigenvalue weighted by Gasteiger charge is -2.38. The molecule has 30 nitrogen and oxygen atoms in total. The van der Waals surface area contributed by atoms with E-state index in [0.717, 1.165) is 0 Å². The maximum atomic E-state index is 14.6. The number of hydrogen-bond acceptors (Lipinski definition) is 24. The van der Waals surface area contributed by atoms with Crippen LogP contribution in [-0.4, -0.2) is 286 Å². The van der Waals surface area contributed by atoms with E-state index in [1.807, 2.05) is 0 Å². The average molecular weight is 1120 g/mol. The molecule has 456 valence electrons. The fourth-order valence-corrected chi connectivity index (χ4v) is 9.11. The molecular weight excluding hydrogens is 1010 g/mol. The summed E-state index contributed by atoms with van der Waals surface area (Å²) in [4.78, 5) is 107. The SMILES string of the molecule is CC(N)N(CC(=O)N1CCN(C(=O)CN(C(C)N)C(C)N)CCN(C(=O)CN(C(C)N)C(C)N)CCN(C(=O)CN(C(C)N)C(C)N)CCN(C(=O)CN(C(C)N)C(C)N)CCN(C(=O)CN(C(C)N)C(C)N)CC1)C(C)N. The molecule has 6 amide bonds. The molecule has 0 radical (unpaired) electrons. The second-order valence-electron chi connectivity index (χ2n) is 21.2. The van der Waals surface area contributed by atoms with Crippen LogP contribution in [0.25, 0.3) is 0 Å². The Hall–Kier alpha value is -3.90. The van der Waals surface area contributed by atoms with Crippen LogP contribution in [0.1, 0.15) is 83.1 Å². The van der Waals surface area contributed by atoms with Gasteiger partial charge in [-0.2, -0.15) is 0 Å². The van der Waals surface area contributed by atoms with Crippen LogP contribution in [0.4, 0.5) is 0 Å². The molecule has 78 heavy (non-hydrogen) atoms. The molecule has 30 heteroatoms. The highest BCUT2D eigenvalue weighted by molar-refractivity contribution is 5.82. The molecule has 1 rings (SSSR count). The van der Waals surface area contributed by atoms with Crippen molar-refractivity contribution in [3.63, 3.8) is 0 Å². The van der Waals surface area contributed by atoms with E-state index in [4.69, 9.17) is 68.8 Å². The summed E-state index contributed by atoms with van der Waals surface area (Å²) in [6.07, 6.45) is -7.48. The first-order chi connectivity index (χ1) is 36.1. The second-order valence-corrected chi connectivity index (χ2v) is 21.2. The lowest BCUT2D eigenvalue weighted by molar-refractivity contribution is -0.142. The predicted octanol–water partition coefficient (Wildman–Crippen LogP) is -7.56. The molecule has 1 aliphatic heterocycles. The first-order valence-electron chi connectivity index (χ1n) is 27.4. The average Bonchev–Trinajstić information content (AvgIpc) is 3.31. The number of nitrogens with two attached hydrogens (primary N) is 12. The van der Waals surface area contributed by atoms with Crippen LogP contribution in [-0.2, 0) is 28.8 Å². The van der Waals surface area contributed by atoms with Gasteiger partial charge in [0.25, 0.3) is 0 Å². The lowest BCUT2D eigenvalue weighted by atomic mass is 10.2. The van der Waals surface area contributed by atoms with Crippen LogP contribution >= 0.6 is 0 Å². The topological polar surface area (TPSA) is 454 Å².